The number of fused-ring (bicyclic) bond motifs is 1. The number of aryl methyl sites for hydroxylation is 1. The molecule has 1 atom stereocenters. The second kappa shape index (κ2) is 4.42. The lowest BCUT2D eigenvalue weighted by atomic mass is 9.95. The van der Waals surface area contributed by atoms with E-state index in [9.17, 15) is 4.39 Å². The van der Waals surface area contributed by atoms with E-state index in [1.165, 1.54) is 0 Å². The molecule has 16 heavy (non-hydrogen) atoms. The topological polar surface area (TPSA) is 12.5 Å². The zero-order valence-corrected chi connectivity index (χ0v) is 10.1. The van der Waals surface area contributed by atoms with Crippen LogP contribution in [0.1, 0.15) is 29.8 Å². The van der Waals surface area contributed by atoms with Gasteiger partial charge in [-0.1, -0.05) is 13.0 Å². The fraction of sp³-hybridized carbons (Fsp3) is 0.538. The third kappa shape index (κ3) is 1.92. The summed E-state index contributed by atoms with van der Waals surface area (Å²) in [6, 6.07) is 3.95. The Labute approximate surface area is 96.0 Å². The van der Waals surface area contributed by atoms with Crippen LogP contribution in [0.4, 0.5) is 4.39 Å². The second-order valence-corrected chi connectivity index (χ2v) is 4.38. The van der Waals surface area contributed by atoms with E-state index in [2.05, 4.69) is 13.0 Å². The van der Waals surface area contributed by atoms with Crippen molar-refractivity contribution in [1.29, 1.82) is 0 Å². The molecule has 3 heteroatoms. The largest absolute Gasteiger partial charge is 0.496 e. The Bertz CT molecular complexity index is 392. The van der Waals surface area contributed by atoms with Gasteiger partial charge in [0.1, 0.15) is 11.9 Å². The lowest BCUT2D eigenvalue weighted by molar-refractivity contribution is 0.194. The van der Waals surface area contributed by atoms with Crippen molar-refractivity contribution in [1.82, 2.24) is 4.90 Å². The molecule has 0 aliphatic carbocycles. The van der Waals surface area contributed by atoms with Gasteiger partial charge in [-0.05, 0) is 36.2 Å². The Balaban J connectivity index is 2.47. The van der Waals surface area contributed by atoms with Crippen molar-refractivity contribution >= 4 is 0 Å². The van der Waals surface area contributed by atoms with E-state index in [0.29, 0.717) is 6.54 Å². The van der Waals surface area contributed by atoms with Gasteiger partial charge in [-0.15, -0.1) is 0 Å². The molecule has 0 spiro atoms. The van der Waals surface area contributed by atoms with Crippen molar-refractivity contribution in [2.75, 3.05) is 20.7 Å². The number of hydrogen-bond acceptors (Lipinski definition) is 2. The van der Waals surface area contributed by atoms with Crippen LogP contribution >= 0.6 is 0 Å². The number of rotatable bonds is 2. The van der Waals surface area contributed by atoms with Gasteiger partial charge in [-0.3, -0.25) is 4.90 Å². The van der Waals surface area contributed by atoms with Gasteiger partial charge in [0, 0.05) is 13.1 Å². The summed E-state index contributed by atoms with van der Waals surface area (Å²) in [5, 5.41) is 0. The predicted molar refractivity (Wildman–Crippen MR) is 62.6 cm³/mol. The summed E-state index contributed by atoms with van der Waals surface area (Å²) in [5.74, 6) is 0.813. The molecule has 0 saturated heterocycles. The normalized spacial score (nSPS) is 20.6. The summed E-state index contributed by atoms with van der Waals surface area (Å²) in [4.78, 5) is 2.01. The highest BCUT2D eigenvalue weighted by atomic mass is 19.1. The van der Waals surface area contributed by atoms with Gasteiger partial charge < -0.3 is 4.74 Å². The molecule has 1 heterocycles. The first-order valence-corrected chi connectivity index (χ1v) is 5.68. The van der Waals surface area contributed by atoms with Crippen LogP contribution in [0.3, 0.4) is 0 Å². The van der Waals surface area contributed by atoms with Crippen LogP contribution in [-0.4, -0.2) is 25.6 Å². The summed E-state index contributed by atoms with van der Waals surface area (Å²) < 4.78 is 19.2. The van der Waals surface area contributed by atoms with E-state index < -0.39 is 6.17 Å². The number of methoxy groups -OCH3 is 1. The van der Waals surface area contributed by atoms with E-state index >= 15 is 0 Å². The highest BCUT2D eigenvalue weighted by Crippen LogP contribution is 2.34. The third-order valence-corrected chi connectivity index (χ3v) is 3.17. The summed E-state index contributed by atoms with van der Waals surface area (Å²) in [5.41, 5.74) is 3.05. The van der Waals surface area contributed by atoms with E-state index in [1.54, 1.807) is 7.11 Å². The van der Waals surface area contributed by atoms with Crippen LogP contribution in [0.2, 0.25) is 0 Å². The van der Waals surface area contributed by atoms with Crippen molar-refractivity contribution in [3.63, 3.8) is 0 Å². The molecule has 0 amide bonds. The highest BCUT2D eigenvalue weighted by Gasteiger charge is 2.24. The molecule has 0 bridgehead atoms. The summed E-state index contributed by atoms with van der Waals surface area (Å²) in [7, 11) is 3.59. The molecule has 0 N–H and O–H groups in total. The fourth-order valence-corrected chi connectivity index (χ4v) is 2.31. The molecule has 2 nitrogen and oxygen atoms in total. The zero-order chi connectivity index (χ0) is 11.7. The summed E-state index contributed by atoms with van der Waals surface area (Å²) in [6.45, 7) is 3.39. The first-order valence-electron chi connectivity index (χ1n) is 5.68. The van der Waals surface area contributed by atoms with Gasteiger partial charge in [-0.2, -0.15) is 0 Å². The Kier molecular flexibility index (Phi) is 3.15. The van der Waals surface area contributed by atoms with Gasteiger partial charge in [0.15, 0.2) is 0 Å². The minimum absolute atomic E-state index is 0.474. The second-order valence-electron chi connectivity index (χ2n) is 4.38. The predicted octanol–water partition coefficient (Wildman–Crippen LogP) is 2.71. The number of alkyl halides is 1. The average Bonchev–Trinajstić information content (AvgIpc) is 2.27. The lowest BCUT2D eigenvalue weighted by Gasteiger charge is -2.29. The van der Waals surface area contributed by atoms with Crippen LogP contribution in [0.15, 0.2) is 12.1 Å². The average molecular weight is 223 g/mol. The molecular weight excluding hydrogens is 205 g/mol. The number of likely N-dealkylation sites (N-methyl/N-ethyl adjacent to an activating group) is 1. The SMILES string of the molecule is CCc1cc2c(cc1OC)C(F)CN(C)C2. The van der Waals surface area contributed by atoms with Crippen molar-refractivity contribution < 1.29 is 9.13 Å². The minimum atomic E-state index is -0.895. The maximum atomic E-state index is 13.9. The molecule has 2 rings (SSSR count). The molecule has 1 aromatic carbocycles. The van der Waals surface area contributed by atoms with E-state index in [0.717, 1.165) is 35.4 Å². The van der Waals surface area contributed by atoms with Gasteiger partial charge in [-0.25, -0.2) is 4.39 Å². The zero-order valence-electron chi connectivity index (χ0n) is 10.1. The Hall–Kier alpha value is -1.09. The van der Waals surface area contributed by atoms with E-state index in [4.69, 9.17) is 4.74 Å². The van der Waals surface area contributed by atoms with Crippen LogP contribution in [0, 0.1) is 0 Å². The lowest BCUT2D eigenvalue weighted by Crippen LogP contribution is -2.28. The Morgan fingerprint density at radius 2 is 2.25 bits per heavy atom. The fourth-order valence-electron chi connectivity index (χ4n) is 2.31. The van der Waals surface area contributed by atoms with Crippen molar-refractivity contribution in [2.45, 2.75) is 26.1 Å². The number of ether oxygens (including phenoxy) is 1. The molecular formula is C13H18FNO. The molecule has 1 aliphatic heterocycles. The highest BCUT2D eigenvalue weighted by molar-refractivity contribution is 5.44. The van der Waals surface area contributed by atoms with E-state index in [1.807, 2.05) is 18.0 Å². The minimum Gasteiger partial charge on any atom is -0.496 e. The number of benzene rings is 1. The number of nitrogens with zero attached hydrogens (tertiary/aromatic N) is 1. The van der Waals surface area contributed by atoms with E-state index in [-0.39, 0.29) is 0 Å². The Morgan fingerprint density at radius 1 is 1.50 bits per heavy atom. The molecule has 1 unspecified atom stereocenters. The van der Waals surface area contributed by atoms with Crippen molar-refractivity contribution in [3.8, 4) is 5.75 Å². The van der Waals surface area contributed by atoms with Crippen molar-refractivity contribution in [2.24, 2.45) is 0 Å². The molecule has 1 aromatic rings. The molecule has 0 fully saturated rings. The van der Waals surface area contributed by atoms with Gasteiger partial charge >= 0.3 is 0 Å². The first-order chi connectivity index (χ1) is 7.65. The van der Waals surface area contributed by atoms with Crippen LogP contribution in [0.5, 0.6) is 5.75 Å². The van der Waals surface area contributed by atoms with Gasteiger partial charge in [0.05, 0.1) is 7.11 Å². The van der Waals surface area contributed by atoms with Crippen LogP contribution in [-0.2, 0) is 13.0 Å². The molecule has 0 aromatic heterocycles. The summed E-state index contributed by atoms with van der Waals surface area (Å²) in [6.07, 6.45) is 0.0190. The van der Waals surface area contributed by atoms with Gasteiger partial charge in [0.2, 0.25) is 0 Å². The van der Waals surface area contributed by atoms with Crippen LogP contribution < -0.4 is 4.74 Å². The van der Waals surface area contributed by atoms with Crippen molar-refractivity contribution in [3.05, 3.63) is 28.8 Å². The molecule has 1 aliphatic rings. The summed E-state index contributed by atoms with van der Waals surface area (Å²) >= 11 is 0. The quantitative estimate of drug-likeness (QED) is 0.764. The standard InChI is InChI=1S/C13H18FNO/c1-4-9-5-10-7-15(2)8-12(14)11(10)6-13(9)16-3/h5-6,12H,4,7-8H2,1-3H3. The molecule has 88 valence electrons. The smallest absolute Gasteiger partial charge is 0.138 e. The monoisotopic (exact) mass is 223 g/mol. The number of hydrogen-bond donors (Lipinski definition) is 0. The molecule has 0 saturated carbocycles. The first kappa shape index (κ1) is 11.4. The third-order valence-electron chi connectivity index (χ3n) is 3.17. The number of halogens is 1. The maximum Gasteiger partial charge on any atom is 0.138 e. The Morgan fingerprint density at radius 3 is 2.88 bits per heavy atom. The van der Waals surface area contributed by atoms with Crippen LogP contribution in [0.25, 0.3) is 0 Å². The molecule has 0 radical (unpaired) electrons. The van der Waals surface area contributed by atoms with Gasteiger partial charge in [0.25, 0.3) is 0 Å². The maximum absolute atomic E-state index is 13.9.